The minimum absolute atomic E-state index is 0.147. The van der Waals surface area contributed by atoms with E-state index in [9.17, 15) is 23.3 Å². The van der Waals surface area contributed by atoms with Gasteiger partial charge in [0.2, 0.25) is 0 Å². The molecule has 0 spiro atoms. The van der Waals surface area contributed by atoms with Crippen LogP contribution in [0, 0.1) is 24.2 Å². The number of benzene rings is 3. The van der Waals surface area contributed by atoms with Crippen LogP contribution in [0.3, 0.4) is 0 Å². The van der Waals surface area contributed by atoms with Crippen molar-refractivity contribution >= 4 is 62.8 Å². The standard InChI is InChI=1S/C22H16F3I2N3O3/c1-13-2-4-14(5-3-13)12-33-21-17(26)8-15(9-18(21)27)11-28-29-19-7-6-16(22(23,24)25)10-20(19)30(31)32/h2-11,29H,12H2,1H3/b28-11-. The lowest BCUT2D eigenvalue weighted by atomic mass is 10.1. The summed E-state index contributed by atoms with van der Waals surface area (Å²) in [5.41, 5.74) is 3.38. The first-order valence-corrected chi connectivity index (χ1v) is 11.5. The van der Waals surface area contributed by atoms with Gasteiger partial charge in [0, 0.05) is 6.07 Å². The van der Waals surface area contributed by atoms with Gasteiger partial charge >= 0.3 is 6.18 Å². The van der Waals surface area contributed by atoms with Gasteiger partial charge < -0.3 is 4.74 Å². The Kier molecular flexibility index (Phi) is 8.15. The van der Waals surface area contributed by atoms with E-state index in [4.69, 9.17) is 4.74 Å². The van der Waals surface area contributed by atoms with Crippen molar-refractivity contribution in [1.29, 1.82) is 0 Å². The number of hydrazone groups is 1. The van der Waals surface area contributed by atoms with Crippen molar-refractivity contribution in [3.05, 3.63) is 94.1 Å². The second kappa shape index (κ2) is 10.7. The Morgan fingerprint density at radius 2 is 1.73 bits per heavy atom. The van der Waals surface area contributed by atoms with Crippen LogP contribution in [0.1, 0.15) is 22.3 Å². The van der Waals surface area contributed by atoms with Crippen molar-refractivity contribution in [1.82, 2.24) is 0 Å². The molecule has 33 heavy (non-hydrogen) atoms. The second-order valence-electron chi connectivity index (χ2n) is 6.94. The minimum atomic E-state index is -4.68. The molecule has 3 aromatic carbocycles. The highest BCUT2D eigenvalue weighted by Crippen LogP contribution is 2.35. The lowest BCUT2D eigenvalue weighted by Crippen LogP contribution is -2.06. The van der Waals surface area contributed by atoms with Gasteiger partial charge in [-0.15, -0.1) is 0 Å². The molecule has 0 saturated heterocycles. The molecule has 6 nitrogen and oxygen atoms in total. The van der Waals surface area contributed by atoms with Gasteiger partial charge in [-0.2, -0.15) is 18.3 Å². The quantitative estimate of drug-likeness (QED) is 0.124. The maximum Gasteiger partial charge on any atom is 0.416 e. The van der Waals surface area contributed by atoms with Gasteiger partial charge in [-0.3, -0.25) is 15.5 Å². The largest absolute Gasteiger partial charge is 0.487 e. The number of nitrogens with zero attached hydrogens (tertiary/aromatic N) is 2. The number of hydrogen-bond acceptors (Lipinski definition) is 5. The van der Waals surface area contributed by atoms with Crippen LogP contribution in [0.5, 0.6) is 5.75 Å². The van der Waals surface area contributed by atoms with Gasteiger partial charge in [-0.25, -0.2) is 0 Å². The zero-order valence-electron chi connectivity index (χ0n) is 17.0. The smallest absolute Gasteiger partial charge is 0.416 e. The minimum Gasteiger partial charge on any atom is -0.487 e. The molecule has 0 atom stereocenters. The Balaban J connectivity index is 1.73. The average Bonchev–Trinajstić information content (AvgIpc) is 2.73. The second-order valence-corrected chi connectivity index (χ2v) is 9.27. The summed E-state index contributed by atoms with van der Waals surface area (Å²) in [4.78, 5) is 10.3. The third-order valence-corrected chi connectivity index (χ3v) is 6.05. The van der Waals surface area contributed by atoms with Gasteiger partial charge in [0.15, 0.2) is 0 Å². The molecule has 0 saturated carbocycles. The molecular weight excluding hydrogens is 665 g/mol. The molecule has 11 heteroatoms. The van der Waals surface area contributed by atoms with E-state index in [1.807, 2.05) is 43.3 Å². The molecule has 0 amide bonds. The fourth-order valence-corrected chi connectivity index (χ4v) is 4.89. The number of halogens is 5. The van der Waals surface area contributed by atoms with Crippen LogP contribution in [0.25, 0.3) is 0 Å². The lowest BCUT2D eigenvalue weighted by molar-refractivity contribution is -0.384. The summed E-state index contributed by atoms with van der Waals surface area (Å²) in [7, 11) is 0. The van der Waals surface area contributed by atoms with Gasteiger partial charge in [0.25, 0.3) is 5.69 Å². The Morgan fingerprint density at radius 3 is 2.30 bits per heavy atom. The van der Waals surface area contributed by atoms with Crippen molar-refractivity contribution in [3.63, 3.8) is 0 Å². The van der Waals surface area contributed by atoms with E-state index in [2.05, 4.69) is 55.7 Å². The van der Waals surface area contributed by atoms with E-state index < -0.39 is 22.4 Å². The normalized spacial score (nSPS) is 11.6. The summed E-state index contributed by atoms with van der Waals surface area (Å²) in [5, 5.41) is 15.1. The van der Waals surface area contributed by atoms with Crippen molar-refractivity contribution in [2.45, 2.75) is 19.7 Å². The van der Waals surface area contributed by atoms with Crippen molar-refractivity contribution in [2.75, 3.05) is 5.43 Å². The molecule has 0 unspecified atom stereocenters. The summed E-state index contributed by atoms with van der Waals surface area (Å²) in [5.74, 6) is 0.722. The van der Waals surface area contributed by atoms with Crippen LogP contribution in [0.2, 0.25) is 0 Å². The summed E-state index contributed by atoms with van der Waals surface area (Å²) >= 11 is 4.28. The molecule has 0 aliphatic heterocycles. The number of nitro benzene ring substituents is 1. The van der Waals surface area contributed by atoms with Crippen LogP contribution in [0.4, 0.5) is 24.5 Å². The number of alkyl halides is 3. The fourth-order valence-electron chi connectivity index (χ4n) is 2.76. The summed E-state index contributed by atoms with van der Waals surface area (Å²) < 4.78 is 46.1. The Bertz CT molecular complexity index is 1180. The highest BCUT2D eigenvalue weighted by atomic mass is 127. The van der Waals surface area contributed by atoms with E-state index in [-0.39, 0.29) is 5.69 Å². The van der Waals surface area contributed by atoms with Crippen molar-refractivity contribution in [3.8, 4) is 5.75 Å². The van der Waals surface area contributed by atoms with Crippen LogP contribution in [-0.2, 0) is 12.8 Å². The maximum atomic E-state index is 12.8. The van der Waals surface area contributed by atoms with E-state index in [1.165, 1.54) is 11.8 Å². The molecule has 0 heterocycles. The zero-order valence-corrected chi connectivity index (χ0v) is 21.3. The Hall–Kier alpha value is -2.42. The SMILES string of the molecule is Cc1ccc(COc2c(I)cc(/C=N\Nc3ccc(C(F)(F)F)cc3[N+](=O)[O-])cc2I)cc1. The van der Waals surface area contributed by atoms with E-state index >= 15 is 0 Å². The van der Waals surface area contributed by atoms with E-state index in [0.29, 0.717) is 18.2 Å². The van der Waals surface area contributed by atoms with Gasteiger partial charge in [0.1, 0.15) is 18.0 Å². The van der Waals surface area contributed by atoms with Gasteiger partial charge in [-0.05, 0) is 87.5 Å². The molecule has 0 fully saturated rings. The van der Waals surface area contributed by atoms with Gasteiger partial charge in [0.05, 0.1) is 23.8 Å². The summed E-state index contributed by atoms with van der Waals surface area (Å²) in [6.07, 6.45) is -3.25. The number of ether oxygens (including phenoxy) is 1. The topological polar surface area (TPSA) is 76.8 Å². The predicted molar refractivity (Wildman–Crippen MR) is 137 cm³/mol. The number of hydrogen-bond donors (Lipinski definition) is 1. The molecule has 0 bridgehead atoms. The average molecular weight is 681 g/mol. The third kappa shape index (κ3) is 6.79. The van der Waals surface area contributed by atoms with Crippen molar-refractivity contribution < 1.29 is 22.8 Å². The van der Waals surface area contributed by atoms with Crippen molar-refractivity contribution in [2.24, 2.45) is 5.10 Å². The first-order valence-electron chi connectivity index (χ1n) is 9.36. The molecule has 0 aromatic heterocycles. The highest BCUT2D eigenvalue weighted by Gasteiger charge is 2.33. The number of anilines is 1. The predicted octanol–water partition coefficient (Wildman–Crippen LogP) is 7.16. The van der Waals surface area contributed by atoms with Crippen LogP contribution >= 0.6 is 45.2 Å². The maximum absolute atomic E-state index is 12.8. The first-order chi connectivity index (χ1) is 15.5. The van der Waals surface area contributed by atoms with Crippen LogP contribution in [-0.4, -0.2) is 11.1 Å². The number of nitrogens with one attached hydrogen (secondary N) is 1. The molecule has 0 aliphatic carbocycles. The van der Waals surface area contributed by atoms with Crippen LogP contribution in [0.15, 0.2) is 59.7 Å². The molecule has 0 radical (unpaired) electrons. The lowest BCUT2D eigenvalue weighted by Gasteiger charge is -2.12. The van der Waals surface area contributed by atoms with Crippen LogP contribution < -0.4 is 10.2 Å². The highest BCUT2D eigenvalue weighted by molar-refractivity contribution is 14.1. The first kappa shape index (κ1) is 25.2. The third-order valence-electron chi connectivity index (χ3n) is 4.44. The fraction of sp³-hybridized carbons (Fsp3) is 0.136. The molecular formula is C22H16F3I2N3O3. The van der Waals surface area contributed by atoms with Gasteiger partial charge in [-0.1, -0.05) is 29.8 Å². The summed E-state index contributed by atoms with van der Waals surface area (Å²) in [6, 6.07) is 13.9. The monoisotopic (exact) mass is 681 g/mol. The zero-order chi connectivity index (χ0) is 24.2. The molecule has 1 N–H and O–H groups in total. The number of aryl methyl sites for hydroxylation is 1. The van der Waals surface area contributed by atoms with E-state index in [1.54, 1.807) is 0 Å². The molecule has 3 aromatic rings. The number of nitro groups is 1. The number of rotatable bonds is 7. The van der Waals surface area contributed by atoms with E-state index in [0.717, 1.165) is 30.6 Å². The Labute approximate surface area is 214 Å². The Morgan fingerprint density at radius 1 is 1.09 bits per heavy atom. The molecule has 172 valence electrons. The summed E-state index contributed by atoms with van der Waals surface area (Å²) in [6.45, 7) is 2.43. The molecule has 3 rings (SSSR count). The molecule has 0 aliphatic rings.